The van der Waals surface area contributed by atoms with Crippen LogP contribution in [-0.4, -0.2) is 80.1 Å². The molecule has 3 N–H and O–H groups in total. The second-order valence-electron chi connectivity index (χ2n) is 9.10. The van der Waals surface area contributed by atoms with Gasteiger partial charge in [0, 0.05) is 25.4 Å². The van der Waals surface area contributed by atoms with Crippen molar-refractivity contribution in [2.45, 2.75) is 57.0 Å². The third-order valence-electron chi connectivity index (χ3n) is 5.78. The molecule has 0 bridgehead atoms. The molecule has 2 aromatic rings. The topological polar surface area (TPSA) is 144 Å². The van der Waals surface area contributed by atoms with E-state index in [1.807, 2.05) is 0 Å². The third-order valence-corrected chi connectivity index (χ3v) is 7.54. The van der Waals surface area contributed by atoms with Crippen molar-refractivity contribution in [3.05, 3.63) is 24.4 Å². The number of hydrogen-bond donors (Lipinski definition) is 3. The first-order valence-corrected chi connectivity index (χ1v) is 13.5. The van der Waals surface area contributed by atoms with Crippen LogP contribution in [0.4, 0.5) is 24.5 Å². The minimum atomic E-state index is -4.59. The number of hydrogen-bond acceptors (Lipinski definition) is 9. The number of nitrogens with zero attached hydrogens (tertiary/aromatic N) is 3. The SMILES string of the molecule is CCn1cc(S(=O)(=O)N2CC(CNC(C)=O)Oc3ccc(NCOC(C)(C)C(F)(F)F)cc32)c(OCCO)n1. The fourth-order valence-electron chi connectivity index (χ4n) is 3.48. The average Bonchev–Trinajstić information content (AvgIpc) is 3.29. The molecule has 1 aliphatic heterocycles. The van der Waals surface area contributed by atoms with E-state index >= 15 is 0 Å². The maximum absolute atomic E-state index is 13.9. The van der Waals surface area contributed by atoms with Crippen LogP contribution in [0, 0.1) is 0 Å². The van der Waals surface area contributed by atoms with Crippen LogP contribution in [0.3, 0.4) is 0 Å². The second-order valence-corrected chi connectivity index (χ2v) is 10.9. The maximum Gasteiger partial charge on any atom is 0.416 e. The number of amides is 1. The summed E-state index contributed by atoms with van der Waals surface area (Å²) in [5.74, 6) is -0.360. The molecule has 39 heavy (non-hydrogen) atoms. The third kappa shape index (κ3) is 7.05. The highest BCUT2D eigenvalue weighted by Crippen LogP contribution is 2.40. The summed E-state index contributed by atoms with van der Waals surface area (Å²) >= 11 is 0. The van der Waals surface area contributed by atoms with Crippen molar-refractivity contribution >= 4 is 27.3 Å². The van der Waals surface area contributed by atoms with E-state index in [9.17, 15) is 26.4 Å². The fourth-order valence-corrected chi connectivity index (χ4v) is 5.06. The Labute approximate surface area is 224 Å². The monoisotopic (exact) mass is 579 g/mol. The number of rotatable bonds is 12. The van der Waals surface area contributed by atoms with Crippen LogP contribution in [0.5, 0.6) is 11.6 Å². The van der Waals surface area contributed by atoms with Crippen molar-refractivity contribution in [1.82, 2.24) is 15.1 Å². The molecular formula is C23H32F3N5O7S. The number of nitrogens with one attached hydrogen (secondary N) is 2. The van der Waals surface area contributed by atoms with Gasteiger partial charge in [-0.1, -0.05) is 0 Å². The average molecular weight is 580 g/mol. The zero-order chi connectivity index (χ0) is 29.0. The van der Waals surface area contributed by atoms with E-state index in [-0.39, 0.29) is 60.1 Å². The first-order chi connectivity index (χ1) is 18.2. The van der Waals surface area contributed by atoms with E-state index in [2.05, 4.69) is 15.7 Å². The van der Waals surface area contributed by atoms with Crippen LogP contribution in [0.2, 0.25) is 0 Å². The molecule has 1 atom stereocenters. The molecule has 3 rings (SSSR count). The highest BCUT2D eigenvalue weighted by atomic mass is 32.2. The molecule has 0 fully saturated rings. The van der Waals surface area contributed by atoms with E-state index in [0.717, 1.165) is 18.2 Å². The Balaban J connectivity index is 1.97. The number of carbonyl (C=O) groups is 1. The summed E-state index contributed by atoms with van der Waals surface area (Å²) in [6, 6.07) is 4.37. The molecule has 218 valence electrons. The number of aryl methyl sites for hydroxylation is 1. The van der Waals surface area contributed by atoms with Crippen molar-refractivity contribution in [3.8, 4) is 11.6 Å². The molecular weight excluding hydrogens is 547 g/mol. The lowest BCUT2D eigenvalue weighted by Crippen LogP contribution is -2.48. The minimum absolute atomic E-state index is 0.0171. The number of aliphatic hydroxyl groups is 1. The quantitative estimate of drug-likeness (QED) is 0.322. The Kier molecular flexibility index (Phi) is 9.23. The summed E-state index contributed by atoms with van der Waals surface area (Å²) in [5.41, 5.74) is -2.03. The summed E-state index contributed by atoms with van der Waals surface area (Å²) in [6.07, 6.45) is -4.05. The van der Waals surface area contributed by atoms with Crippen LogP contribution in [-0.2, 0) is 26.1 Å². The van der Waals surface area contributed by atoms with Gasteiger partial charge in [0.15, 0.2) is 10.5 Å². The minimum Gasteiger partial charge on any atom is -0.484 e. The molecule has 0 spiro atoms. The van der Waals surface area contributed by atoms with Gasteiger partial charge < -0.3 is 30.0 Å². The van der Waals surface area contributed by atoms with Crippen LogP contribution >= 0.6 is 0 Å². The van der Waals surface area contributed by atoms with Crippen molar-refractivity contribution in [3.63, 3.8) is 0 Å². The number of alkyl halides is 3. The standard InChI is InChI=1S/C23H32F3N5O7S/c1-5-30-13-20(21(29-30)36-9-8-32)39(34,35)31-12-17(11-27-15(2)33)38-19-7-6-16(10-18(19)31)28-14-37-22(3,4)23(24,25)26/h6-7,10,13,17,28,32H,5,8-9,11-12,14H2,1-4H3,(H,27,33). The van der Waals surface area contributed by atoms with E-state index < -0.39 is 34.6 Å². The van der Waals surface area contributed by atoms with Crippen molar-refractivity contribution in [1.29, 1.82) is 0 Å². The van der Waals surface area contributed by atoms with E-state index in [4.69, 9.17) is 19.3 Å². The summed E-state index contributed by atoms with van der Waals surface area (Å²) in [7, 11) is -4.33. The number of benzene rings is 1. The van der Waals surface area contributed by atoms with Gasteiger partial charge in [0.05, 0.1) is 25.4 Å². The molecule has 16 heteroatoms. The number of halogens is 3. The lowest BCUT2D eigenvalue weighted by atomic mass is 10.1. The molecule has 1 aromatic heterocycles. The van der Waals surface area contributed by atoms with Crippen LogP contribution in [0.25, 0.3) is 0 Å². The van der Waals surface area contributed by atoms with E-state index in [1.54, 1.807) is 6.92 Å². The molecule has 12 nitrogen and oxygen atoms in total. The number of carbonyl (C=O) groups excluding carboxylic acids is 1. The molecule has 0 saturated heterocycles. The Hall–Kier alpha value is -3.24. The fraction of sp³-hybridized carbons (Fsp3) is 0.565. The molecule has 1 aliphatic rings. The Morgan fingerprint density at radius 2 is 2.03 bits per heavy atom. The molecule has 0 saturated carbocycles. The lowest BCUT2D eigenvalue weighted by Gasteiger charge is -2.35. The first-order valence-electron chi connectivity index (χ1n) is 12.0. The Bertz CT molecular complexity index is 1270. The predicted octanol–water partition coefficient (Wildman–Crippen LogP) is 2.09. The van der Waals surface area contributed by atoms with Crippen molar-refractivity contribution in [2.75, 3.05) is 42.7 Å². The lowest BCUT2D eigenvalue weighted by molar-refractivity contribution is -0.261. The zero-order valence-corrected chi connectivity index (χ0v) is 22.7. The summed E-state index contributed by atoms with van der Waals surface area (Å²) < 4.78 is 85.9. The smallest absolute Gasteiger partial charge is 0.416 e. The predicted molar refractivity (Wildman–Crippen MR) is 134 cm³/mol. The van der Waals surface area contributed by atoms with Crippen LogP contribution < -0.4 is 24.4 Å². The molecule has 1 aromatic carbocycles. The van der Waals surface area contributed by atoms with Crippen LogP contribution in [0.15, 0.2) is 29.3 Å². The van der Waals surface area contributed by atoms with Gasteiger partial charge in [0.2, 0.25) is 5.91 Å². The first kappa shape index (κ1) is 30.3. The summed E-state index contributed by atoms with van der Waals surface area (Å²) in [4.78, 5) is 11.2. The molecule has 1 unspecified atom stereocenters. The van der Waals surface area contributed by atoms with E-state index in [1.165, 1.54) is 36.0 Å². The Morgan fingerprint density at radius 1 is 1.31 bits per heavy atom. The van der Waals surface area contributed by atoms with Crippen LogP contribution in [0.1, 0.15) is 27.7 Å². The van der Waals surface area contributed by atoms with Gasteiger partial charge in [-0.25, -0.2) is 8.42 Å². The number of fused-ring (bicyclic) bond motifs is 1. The Morgan fingerprint density at radius 3 is 2.64 bits per heavy atom. The highest BCUT2D eigenvalue weighted by Gasteiger charge is 2.48. The molecule has 0 aliphatic carbocycles. The normalized spacial score (nSPS) is 15.9. The maximum atomic E-state index is 13.9. The van der Waals surface area contributed by atoms with Gasteiger partial charge in [0.25, 0.3) is 15.9 Å². The molecule has 1 amide bonds. The van der Waals surface area contributed by atoms with Gasteiger partial charge in [-0.15, -0.1) is 5.10 Å². The molecule has 2 heterocycles. The van der Waals surface area contributed by atoms with Crippen molar-refractivity contribution < 1.29 is 45.7 Å². The van der Waals surface area contributed by atoms with Gasteiger partial charge in [-0.3, -0.25) is 13.8 Å². The zero-order valence-electron chi connectivity index (χ0n) is 21.9. The largest absolute Gasteiger partial charge is 0.484 e. The van der Waals surface area contributed by atoms with Gasteiger partial charge in [0.1, 0.15) is 25.2 Å². The van der Waals surface area contributed by atoms with E-state index in [0.29, 0.717) is 6.54 Å². The second kappa shape index (κ2) is 11.9. The van der Waals surface area contributed by atoms with Gasteiger partial charge in [-0.05, 0) is 39.0 Å². The summed E-state index contributed by atoms with van der Waals surface area (Å²) in [6.45, 7) is 3.97. The van der Waals surface area contributed by atoms with Gasteiger partial charge in [-0.2, -0.15) is 13.2 Å². The number of anilines is 2. The number of aliphatic hydroxyl groups excluding tert-OH is 1. The molecule has 0 radical (unpaired) electrons. The van der Waals surface area contributed by atoms with Crippen molar-refractivity contribution in [2.24, 2.45) is 0 Å². The summed E-state index contributed by atoms with van der Waals surface area (Å²) in [5, 5.41) is 18.6. The number of sulfonamides is 1. The highest BCUT2D eigenvalue weighted by molar-refractivity contribution is 7.93. The van der Waals surface area contributed by atoms with Gasteiger partial charge >= 0.3 is 6.18 Å². The number of ether oxygens (including phenoxy) is 3. The number of aromatic nitrogens is 2.